The monoisotopic (exact) mass is 334 g/mol. The van der Waals surface area contributed by atoms with Crippen molar-refractivity contribution in [3.05, 3.63) is 75.6 Å². The molecule has 2 aliphatic rings. The normalized spacial score (nSPS) is 17.0. The molecule has 2 aromatic carbocycles. The fourth-order valence-electron chi connectivity index (χ4n) is 4.19. The number of hydrogen-bond donors (Lipinski definition) is 0. The first-order valence-corrected chi connectivity index (χ1v) is 9.70. The van der Waals surface area contributed by atoms with Crippen molar-refractivity contribution in [2.75, 3.05) is 0 Å². The summed E-state index contributed by atoms with van der Waals surface area (Å²) in [5.74, 6) is 0.537. The van der Waals surface area contributed by atoms with E-state index < -0.39 is 0 Å². The standard InChI is InChI=1S/C24H27F/c1-16-7-9-19(22(15-16)18-5-3-4-6-18)11-14-21-10-8-17(2)23(24(21)25)20-12-13-20/h5,7-10,15,20H,3-4,6,11-14H2,1-2H3. The highest BCUT2D eigenvalue weighted by molar-refractivity contribution is 5.70. The van der Waals surface area contributed by atoms with Gasteiger partial charge in [-0.15, -0.1) is 0 Å². The number of aryl methyl sites for hydroxylation is 4. The molecule has 1 saturated carbocycles. The van der Waals surface area contributed by atoms with Gasteiger partial charge < -0.3 is 0 Å². The average molecular weight is 334 g/mol. The third kappa shape index (κ3) is 3.42. The number of rotatable bonds is 5. The molecule has 0 heterocycles. The predicted molar refractivity (Wildman–Crippen MR) is 104 cm³/mol. The third-order valence-electron chi connectivity index (χ3n) is 5.78. The molecule has 2 aliphatic carbocycles. The second-order valence-electron chi connectivity index (χ2n) is 7.83. The Morgan fingerprint density at radius 2 is 1.76 bits per heavy atom. The lowest BCUT2D eigenvalue weighted by Crippen LogP contribution is -2.02. The summed E-state index contributed by atoms with van der Waals surface area (Å²) in [6.07, 6.45) is 10.0. The molecule has 1 fully saturated rings. The molecule has 0 spiro atoms. The van der Waals surface area contributed by atoms with Gasteiger partial charge in [0.05, 0.1) is 0 Å². The Kier molecular flexibility index (Phi) is 4.50. The van der Waals surface area contributed by atoms with Crippen molar-refractivity contribution in [1.29, 1.82) is 0 Å². The lowest BCUT2D eigenvalue weighted by Gasteiger charge is -2.14. The molecule has 0 amide bonds. The average Bonchev–Trinajstić information content (AvgIpc) is 3.27. The fourth-order valence-corrected chi connectivity index (χ4v) is 4.19. The van der Waals surface area contributed by atoms with Gasteiger partial charge in [-0.2, -0.15) is 0 Å². The van der Waals surface area contributed by atoms with Crippen LogP contribution in [0.3, 0.4) is 0 Å². The molecule has 0 radical (unpaired) electrons. The fraction of sp³-hybridized carbons (Fsp3) is 0.417. The van der Waals surface area contributed by atoms with Gasteiger partial charge in [-0.1, -0.05) is 42.0 Å². The van der Waals surface area contributed by atoms with Gasteiger partial charge in [0.1, 0.15) is 5.82 Å². The Hall–Kier alpha value is -1.89. The van der Waals surface area contributed by atoms with Crippen LogP contribution in [0.2, 0.25) is 0 Å². The molecule has 25 heavy (non-hydrogen) atoms. The number of allylic oxidation sites excluding steroid dienone is 2. The van der Waals surface area contributed by atoms with E-state index in [0.717, 1.165) is 42.4 Å². The zero-order chi connectivity index (χ0) is 17.4. The van der Waals surface area contributed by atoms with E-state index >= 15 is 0 Å². The molecule has 2 aromatic rings. The zero-order valence-corrected chi connectivity index (χ0v) is 15.4. The first-order chi connectivity index (χ1) is 12.1. The van der Waals surface area contributed by atoms with E-state index in [1.54, 1.807) is 0 Å². The molecule has 4 rings (SSSR count). The Balaban J connectivity index is 1.59. The number of benzene rings is 2. The van der Waals surface area contributed by atoms with Gasteiger partial charge >= 0.3 is 0 Å². The Morgan fingerprint density at radius 3 is 2.48 bits per heavy atom. The second kappa shape index (κ2) is 6.78. The molecule has 0 saturated heterocycles. The molecule has 1 heteroatoms. The van der Waals surface area contributed by atoms with E-state index in [-0.39, 0.29) is 5.82 Å². The molecule has 0 N–H and O–H groups in total. The minimum Gasteiger partial charge on any atom is -0.206 e. The maximum atomic E-state index is 15.0. The van der Waals surface area contributed by atoms with Gasteiger partial charge in [-0.25, -0.2) is 4.39 Å². The molecule has 0 unspecified atom stereocenters. The second-order valence-corrected chi connectivity index (χ2v) is 7.83. The van der Waals surface area contributed by atoms with Gasteiger partial charge in [-0.05, 0) is 98.1 Å². The van der Waals surface area contributed by atoms with Crippen molar-refractivity contribution in [3.8, 4) is 0 Å². The Morgan fingerprint density at radius 1 is 1.00 bits per heavy atom. The van der Waals surface area contributed by atoms with Crippen molar-refractivity contribution in [3.63, 3.8) is 0 Å². The highest BCUT2D eigenvalue weighted by atomic mass is 19.1. The minimum atomic E-state index is 0.0660. The lowest BCUT2D eigenvalue weighted by molar-refractivity contribution is 0.590. The van der Waals surface area contributed by atoms with E-state index in [9.17, 15) is 4.39 Å². The lowest BCUT2D eigenvalue weighted by atomic mass is 9.92. The first kappa shape index (κ1) is 16.6. The first-order valence-electron chi connectivity index (χ1n) is 9.70. The van der Waals surface area contributed by atoms with E-state index in [0.29, 0.717) is 5.92 Å². The SMILES string of the molecule is Cc1ccc(CCc2ccc(C)c(C3CC3)c2F)c(C2=CCCC2)c1. The summed E-state index contributed by atoms with van der Waals surface area (Å²) in [7, 11) is 0. The van der Waals surface area contributed by atoms with E-state index in [1.165, 1.54) is 41.5 Å². The number of hydrogen-bond acceptors (Lipinski definition) is 0. The summed E-state index contributed by atoms with van der Waals surface area (Å²) >= 11 is 0. The van der Waals surface area contributed by atoms with Gasteiger partial charge in [-0.3, -0.25) is 0 Å². The summed E-state index contributed by atoms with van der Waals surface area (Å²) in [5.41, 5.74) is 8.56. The van der Waals surface area contributed by atoms with E-state index in [1.807, 2.05) is 13.0 Å². The van der Waals surface area contributed by atoms with Crippen molar-refractivity contribution in [2.45, 2.75) is 64.7 Å². The maximum absolute atomic E-state index is 15.0. The van der Waals surface area contributed by atoms with Crippen molar-refractivity contribution >= 4 is 5.57 Å². The van der Waals surface area contributed by atoms with Gasteiger partial charge in [0.25, 0.3) is 0 Å². The van der Waals surface area contributed by atoms with Crippen molar-refractivity contribution < 1.29 is 4.39 Å². The number of halogens is 1. The molecule has 130 valence electrons. The molecule has 0 aromatic heterocycles. The molecule has 0 aliphatic heterocycles. The molecular weight excluding hydrogens is 307 g/mol. The van der Waals surface area contributed by atoms with Crippen LogP contribution in [0.25, 0.3) is 5.57 Å². The van der Waals surface area contributed by atoms with Crippen LogP contribution < -0.4 is 0 Å². The molecule has 0 bridgehead atoms. The summed E-state index contributed by atoms with van der Waals surface area (Å²) in [5, 5.41) is 0. The van der Waals surface area contributed by atoms with Crippen molar-refractivity contribution in [1.82, 2.24) is 0 Å². The quantitative estimate of drug-likeness (QED) is 0.572. The largest absolute Gasteiger partial charge is 0.206 e. The topological polar surface area (TPSA) is 0 Å². The van der Waals surface area contributed by atoms with E-state index in [2.05, 4.69) is 37.3 Å². The van der Waals surface area contributed by atoms with Crippen LogP contribution in [-0.2, 0) is 12.8 Å². The summed E-state index contributed by atoms with van der Waals surface area (Å²) in [6, 6.07) is 10.9. The smallest absolute Gasteiger partial charge is 0.130 e. The van der Waals surface area contributed by atoms with Crippen LogP contribution >= 0.6 is 0 Å². The van der Waals surface area contributed by atoms with Gasteiger partial charge in [0.15, 0.2) is 0 Å². The highest BCUT2D eigenvalue weighted by Gasteiger charge is 2.29. The van der Waals surface area contributed by atoms with Crippen molar-refractivity contribution in [2.24, 2.45) is 0 Å². The third-order valence-corrected chi connectivity index (χ3v) is 5.78. The van der Waals surface area contributed by atoms with E-state index in [4.69, 9.17) is 0 Å². The van der Waals surface area contributed by atoms with Crippen LogP contribution in [0.15, 0.2) is 36.4 Å². The predicted octanol–water partition coefficient (Wildman–Crippen LogP) is 6.67. The van der Waals surface area contributed by atoms with Gasteiger partial charge in [0.2, 0.25) is 0 Å². The molecule has 0 atom stereocenters. The van der Waals surface area contributed by atoms with Gasteiger partial charge in [0, 0.05) is 0 Å². The van der Waals surface area contributed by atoms with Crippen LogP contribution in [0.4, 0.5) is 4.39 Å². The van der Waals surface area contributed by atoms with Crippen LogP contribution in [0.1, 0.15) is 71.4 Å². The Bertz CT molecular complexity index is 824. The minimum absolute atomic E-state index is 0.0660. The Labute approximate surface area is 150 Å². The zero-order valence-electron chi connectivity index (χ0n) is 15.4. The summed E-state index contributed by atoms with van der Waals surface area (Å²) in [4.78, 5) is 0. The summed E-state index contributed by atoms with van der Waals surface area (Å²) < 4.78 is 15.0. The maximum Gasteiger partial charge on any atom is 0.130 e. The van der Waals surface area contributed by atoms with Crippen LogP contribution in [0.5, 0.6) is 0 Å². The van der Waals surface area contributed by atoms with Crippen LogP contribution in [-0.4, -0.2) is 0 Å². The van der Waals surface area contributed by atoms with Crippen LogP contribution in [0, 0.1) is 19.7 Å². The highest BCUT2D eigenvalue weighted by Crippen LogP contribution is 2.43. The molecule has 0 nitrogen and oxygen atoms in total. The summed E-state index contributed by atoms with van der Waals surface area (Å²) in [6.45, 7) is 4.20. The molecular formula is C24H27F.